The molecule has 2 aliphatic rings. The van der Waals surface area contributed by atoms with Gasteiger partial charge in [0.1, 0.15) is 5.60 Å². The van der Waals surface area contributed by atoms with Crippen molar-refractivity contribution in [3.63, 3.8) is 0 Å². The Bertz CT molecular complexity index is 577. The molecule has 1 atom stereocenters. The second-order valence-electron chi connectivity index (χ2n) is 6.45. The third kappa shape index (κ3) is 3.90. The number of hydrogen-bond donors (Lipinski definition) is 1. The van der Waals surface area contributed by atoms with Crippen molar-refractivity contribution in [3.05, 3.63) is 18.0 Å². The molecule has 0 unspecified atom stereocenters. The highest BCUT2D eigenvalue weighted by atomic mass is 19.3. The number of likely N-dealkylation sites (tertiary alicyclic amines) is 1. The van der Waals surface area contributed by atoms with Gasteiger partial charge in [0.15, 0.2) is 5.69 Å². The summed E-state index contributed by atoms with van der Waals surface area (Å²) in [6, 6.07) is 1.26. The first-order valence-corrected chi connectivity index (χ1v) is 8.12. The molecule has 2 aliphatic heterocycles. The Kier molecular flexibility index (Phi) is 5.12. The number of halogens is 2. The lowest BCUT2D eigenvalue weighted by Crippen LogP contribution is -2.53. The molecule has 9 heteroatoms. The van der Waals surface area contributed by atoms with E-state index in [-0.39, 0.29) is 18.8 Å². The van der Waals surface area contributed by atoms with E-state index in [1.54, 1.807) is 0 Å². The van der Waals surface area contributed by atoms with Gasteiger partial charge in [-0.3, -0.25) is 4.79 Å². The highest BCUT2D eigenvalue weighted by Gasteiger charge is 2.37. The maximum Gasteiger partial charge on any atom is 0.333 e. The summed E-state index contributed by atoms with van der Waals surface area (Å²) in [5.41, 5.74) is -1.22. The van der Waals surface area contributed by atoms with Crippen molar-refractivity contribution in [1.82, 2.24) is 19.6 Å². The van der Waals surface area contributed by atoms with E-state index in [4.69, 9.17) is 4.74 Å². The van der Waals surface area contributed by atoms with Crippen LogP contribution in [0.25, 0.3) is 0 Å². The van der Waals surface area contributed by atoms with Crippen molar-refractivity contribution in [3.8, 4) is 0 Å². The molecule has 3 heterocycles. The Morgan fingerprint density at radius 3 is 2.79 bits per heavy atom. The van der Waals surface area contributed by atoms with E-state index in [0.717, 1.165) is 32.1 Å². The van der Waals surface area contributed by atoms with E-state index in [0.29, 0.717) is 24.4 Å². The maximum atomic E-state index is 12.6. The quantitative estimate of drug-likeness (QED) is 0.865. The minimum absolute atomic E-state index is 0.0549. The third-order valence-electron chi connectivity index (χ3n) is 4.39. The van der Waals surface area contributed by atoms with Crippen LogP contribution in [0, 0.1) is 0 Å². The van der Waals surface area contributed by atoms with Crippen molar-refractivity contribution in [2.45, 2.75) is 25.0 Å². The first kappa shape index (κ1) is 17.2. The Labute approximate surface area is 138 Å². The average molecular weight is 344 g/mol. The topological polar surface area (TPSA) is 70.8 Å². The van der Waals surface area contributed by atoms with Gasteiger partial charge in [-0.15, -0.1) is 0 Å². The predicted molar refractivity (Wildman–Crippen MR) is 80.8 cm³/mol. The standard InChI is InChI=1S/C15H22F2N4O3/c16-14(17)21-6-3-12(18-21)13(22)20-7-8-24-11-15(23,10-20)9-19-4-1-2-5-19/h3,6,14,23H,1-2,4-5,7-11H2/t15-/m1/s1. The Morgan fingerprint density at radius 1 is 1.38 bits per heavy atom. The Balaban J connectivity index is 1.69. The zero-order chi connectivity index (χ0) is 17.2. The molecule has 0 radical (unpaired) electrons. The average Bonchev–Trinajstić information content (AvgIpc) is 3.17. The van der Waals surface area contributed by atoms with Crippen LogP contribution in [0.2, 0.25) is 0 Å². The molecule has 2 fully saturated rings. The highest BCUT2D eigenvalue weighted by Crippen LogP contribution is 2.19. The van der Waals surface area contributed by atoms with Crippen molar-refractivity contribution < 1.29 is 23.4 Å². The molecule has 2 saturated heterocycles. The van der Waals surface area contributed by atoms with E-state index in [2.05, 4.69) is 10.00 Å². The molecule has 1 N–H and O–H groups in total. The number of β-amino-alcohol motifs (C(OH)–C–C–N with tert-alkyl or cyclic N) is 1. The van der Waals surface area contributed by atoms with Crippen LogP contribution in [0.3, 0.4) is 0 Å². The fourth-order valence-corrected chi connectivity index (χ4v) is 3.27. The predicted octanol–water partition coefficient (Wildman–Crippen LogP) is 0.577. The monoisotopic (exact) mass is 344 g/mol. The minimum atomic E-state index is -2.79. The summed E-state index contributed by atoms with van der Waals surface area (Å²) in [5, 5.41) is 14.5. The van der Waals surface area contributed by atoms with Crippen LogP contribution >= 0.6 is 0 Å². The zero-order valence-corrected chi connectivity index (χ0v) is 13.4. The number of aliphatic hydroxyl groups is 1. The van der Waals surface area contributed by atoms with Crippen molar-refractivity contribution >= 4 is 5.91 Å². The van der Waals surface area contributed by atoms with Gasteiger partial charge in [-0.1, -0.05) is 0 Å². The normalized spacial score (nSPS) is 26.1. The molecule has 134 valence electrons. The van der Waals surface area contributed by atoms with E-state index in [1.807, 2.05) is 0 Å². The van der Waals surface area contributed by atoms with Crippen LogP contribution < -0.4 is 0 Å². The van der Waals surface area contributed by atoms with Gasteiger partial charge in [-0.2, -0.15) is 13.9 Å². The smallest absolute Gasteiger partial charge is 0.333 e. The second-order valence-corrected chi connectivity index (χ2v) is 6.45. The van der Waals surface area contributed by atoms with Gasteiger partial charge in [0.25, 0.3) is 5.91 Å². The lowest BCUT2D eigenvalue weighted by atomic mass is 10.0. The second kappa shape index (κ2) is 7.12. The van der Waals surface area contributed by atoms with Gasteiger partial charge in [-0.05, 0) is 32.0 Å². The number of nitrogens with zero attached hydrogens (tertiary/aromatic N) is 4. The van der Waals surface area contributed by atoms with E-state index >= 15 is 0 Å². The molecule has 0 spiro atoms. The van der Waals surface area contributed by atoms with Gasteiger partial charge >= 0.3 is 6.55 Å². The van der Waals surface area contributed by atoms with Crippen LogP contribution in [0.15, 0.2) is 12.3 Å². The molecular formula is C15H22F2N4O3. The van der Waals surface area contributed by atoms with Crippen molar-refractivity contribution in [2.75, 3.05) is 45.9 Å². The zero-order valence-electron chi connectivity index (χ0n) is 13.4. The van der Waals surface area contributed by atoms with E-state index in [1.165, 1.54) is 11.0 Å². The molecule has 0 aliphatic carbocycles. The van der Waals surface area contributed by atoms with Crippen molar-refractivity contribution in [1.29, 1.82) is 0 Å². The largest absolute Gasteiger partial charge is 0.384 e. The number of ether oxygens (including phenoxy) is 1. The maximum absolute atomic E-state index is 12.6. The highest BCUT2D eigenvalue weighted by molar-refractivity contribution is 5.92. The molecule has 0 saturated carbocycles. The lowest BCUT2D eigenvalue weighted by Gasteiger charge is -2.33. The number of amides is 1. The molecule has 3 rings (SSSR count). The summed E-state index contributed by atoms with van der Waals surface area (Å²) in [6.45, 7) is 0.340. The lowest BCUT2D eigenvalue weighted by molar-refractivity contribution is -0.0524. The molecule has 0 bridgehead atoms. The number of hydrogen-bond acceptors (Lipinski definition) is 5. The number of carbonyl (C=O) groups excluding carboxylic acids is 1. The molecule has 1 aromatic heterocycles. The third-order valence-corrected chi connectivity index (χ3v) is 4.39. The van der Waals surface area contributed by atoms with Gasteiger partial charge in [0.05, 0.1) is 19.8 Å². The summed E-state index contributed by atoms with van der Waals surface area (Å²) >= 11 is 0. The first-order valence-electron chi connectivity index (χ1n) is 8.12. The number of alkyl halides is 2. The Morgan fingerprint density at radius 2 is 2.12 bits per heavy atom. The fourth-order valence-electron chi connectivity index (χ4n) is 3.27. The van der Waals surface area contributed by atoms with Gasteiger partial charge in [0, 0.05) is 19.3 Å². The van der Waals surface area contributed by atoms with Crippen molar-refractivity contribution in [2.24, 2.45) is 0 Å². The summed E-state index contributed by atoms with van der Waals surface area (Å²) < 4.78 is 31.1. The first-order chi connectivity index (χ1) is 11.5. The van der Waals surface area contributed by atoms with E-state index in [9.17, 15) is 18.7 Å². The fraction of sp³-hybridized carbons (Fsp3) is 0.733. The van der Waals surface area contributed by atoms with Crippen LogP contribution in [-0.4, -0.2) is 82.1 Å². The number of rotatable bonds is 4. The summed E-state index contributed by atoms with van der Waals surface area (Å²) in [5.74, 6) is -0.472. The minimum Gasteiger partial charge on any atom is -0.384 e. The summed E-state index contributed by atoms with van der Waals surface area (Å²) in [7, 11) is 0. The van der Waals surface area contributed by atoms with Crippen LogP contribution in [0.4, 0.5) is 8.78 Å². The summed E-state index contributed by atoms with van der Waals surface area (Å²) in [4.78, 5) is 16.1. The molecule has 7 nitrogen and oxygen atoms in total. The van der Waals surface area contributed by atoms with Crippen LogP contribution in [-0.2, 0) is 4.74 Å². The molecule has 0 aromatic carbocycles. The SMILES string of the molecule is O=C(c1ccn(C(F)F)n1)N1CCOC[C@@](O)(CN2CCCC2)C1. The Hall–Kier alpha value is -1.58. The molecular weight excluding hydrogens is 322 g/mol. The summed E-state index contributed by atoms with van der Waals surface area (Å²) in [6.07, 6.45) is 3.28. The van der Waals surface area contributed by atoms with Gasteiger partial charge in [0.2, 0.25) is 0 Å². The van der Waals surface area contributed by atoms with Crippen LogP contribution in [0.1, 0.15) is 29.9 Å². The molecule has 24 heavy (non-hydrogen) atoms. The number of carbonyl (C=O) groups is 1. The van der Waals surface area contributed by atoms with Gasteiger partial charge < -0.3 is 19.6 Å². The molecule has 1 amide bonds. The van der Waals surface area contributed by atoms with E-state index < -0.39 is 18.1 Å². The van der Waals surface area contributed by atoms with Crippen LogP contribution in [0.5, 0.6) is 0 Å². The number of aromatic nitrogens is 2. The van der Waals surface area contributed by atoms with Gasteiger partial charge in [-0.25, -0.2) is 4.68 Å². The molecule has 1 aromatic rings.